The van der Waals surface area contributed by atoms with Crippen LogP contribution in [0.25, 0.3) is 141 Å². The summed E-state index contributed by atoms with van der Waals surface area (Å²) in [6.45, 7) is 0. The molecule has 0 saturated carbocycles. The van der Waals surface area contributed by atoms with Crippen molar-refractivity contribution in [3.05, 3.63) is 212 Å². The first kappa shape index (κ1) is 36.2. The van der Waals surface area contributed by atoms with Crippen molar-refractivity contribution in [3.8, 4) is 56.4 Å². The van der Waals surface area contributed by atoms with Gasteiger partial charge in [0.25, 0.3) is 0 Å². The Bertz CT molecular complexity index is 4240. The molecule has 14 rings (SSSR count). The molecule has 0 aliphatic rings. The lowest BCUT2D eigenvalue weighted by atomic mass is 9.85. The smallest absolute Gasteiger partial charge is 0.164 e. The van der Waals surface area contributed by atoms with Gasteiger partial charge in [-0.05, 0) is 129 Å². The maximum absolute atomic E-state index is 5.22. The number of rotatable bonds is 5. The minimum absolute atomic E-state index is 0.635. The second-order valence-corrected chi connectivity index (χ2v) is 18.2. The van der Waals surface area contributed by atoms with Crippen molar-refractivity contribution in [2.24, 2.45) is 0 Å². The highest BCUT2D eigenvalue weighted by Gasteiger charge is 2.19. The molecule has 0 N–H and O–H groups in total. The Hall–Kier alpha value is -8.31. The highest BCUT2D eigenvalue weighted by atomic mass is 32.1. The number of thiophene rings is 1. The lowest BCUT2D eigenvalue weighted by Gasteiger charge is -2.18. The SMILES string of the molecule is c1ccc(-c2nc(-c3cccc(-c4ccccc4-c4cc5ccc6cccc7c8cccc9ccc%10cccc(c(c4)c5c67)c%10c98)c3)nc(-c3ccc4sc5ccccc5c4c3)n2)cc1. The van der Waals surface area contributed by atoms with Gasteiger partial charge in [-0.3, -0.25) is 0 Å². The van der Waals surface area contributed by atoms with Crippen LogP contribution in [0, 0.1) is 0 Å². The summed E-state index contributed by atoms with van der Waals surface area (Å²) in [5, 5.41) is 17.8. The van der Waals surface area contributed by atoms with Gasteiger partial charge in [-0.2, -0.15) is 0 Å². The number of hydrogen-bond donors (Lipinski definition) is 0. The van der Waals surface area contributed by atoms with Crippen LogP contribution < -0.4 is 0 Å². The molecule has 65 heavy (non-hydrogen) atoms. The van der Waals surface area contributed by atoms with Crippen LogP contribution >= 0.6 is 11.3 Å². The summed E-state index contributed by atoms with van der Waals surface area (Å²) in [7, 11) is 0. The Balaban J connectivity index is 0.970. The molecule has 3 nitrogen and oxygen atoms in total. The second kappa shape index (κ2) is 14.1. The third-order valence-corrected chi connectivity index (χ3v) is 14.5. The van der Waals surface area contributed by atoms with Crippen molar-refractivity contribution in [2.75, 3.05) is 0 Å². The molecule has 0 fully saturated rings. The van der Waals surface area contributed by atoms with E-state index >= 15 is 0 Å². The van der Waals surface area contributed by atoms with Crippen LogP contribution in [0.1, 0.15) is 0 Å². The van der Waals surface area contributed by atoms with Crippen molar-refractivity contribution in [1.82, 2.24) is 15.0 Å². The minimum atomic E-state index is 0.635. The molecule has 0 unspecified atom stereocenters. The van der Waals surface area contributed by atoms with Gasteiger partial charge in [0, 0.05) is 36.9 Å². The highest BCUT2D eigenvalue weighted by molar-refractivity contribution is 7.25. The van der Waals surface area contributed by atoms with Gasteiger partial charge in [0.05, 0.1) is 0 Å². The molecule has 2 aromatic heterocycles. The van der Waals surface area contributed by atoms with Crippen molar-refractivity contribution < 1.29 is 0 Å². The molecule has 12 aromatic carbocycles. The zero-order valence-corrected chi connectivity index (χ0v) is 35.8. The van der Waals surface area contributed by atoms with E-state index in [4.69, 9.17) is 15.0 Å². The van der Waals surface area contributed by atoms with Crippen LogP contribution in [0.2, 0.25) is 0 Å². The van der Waals surface area contributed by atoms with E-state index in [-0.39, 0.29) is 0 Å². The molecule has 0 spiro atoms. The summed E-state index contributed by atoms with van der Waals surface area (Å²) in [6.07, 6.45) is 0. The Labute approximate surface area is 377 Å². The predicted octanol–water partition coefficient (Wildman–Crippen LogP) is 16.9. The molecule has 0 aliphatic carbocycles. The normalized spacial score (nSPS) is 12.0. The van der Waals surface area contributed by atoms with Crippen molar-refractivity contribution in [2.45, 2.75) is 0 Å². The maximum Gasteiger partial charge on any atom is 0.164 e. The number of nitrogens with zero attached hydrogens (tertiary/aromatic N) is 3. The monoisotopic (exact) mass is 841 g/mol. The number of hydrogen-bond acceptors (Lipinski definition) is 4. The van der Waals surface area contributed by atoms with E-state index in [1.807, 2.05) is 29.5 Å². The topological polar surface area (TPSA) is 38.7 Å². The molecule has 300 valence electrons. The van der Waals surface area contributed by atoms with Gasteiger partial charge in [-0.1, -0.05) is 170 Å². The fourth-order valence-electron chi connectivity index (χ4n) is 10.5. The molecule has 0 bridgehead atoms. The Morgan fingerprint density at radius 1 is 0.246 bits per heavy atom. The lowest BCUT2D eigenvalue weighted by Crippen LogP contribution is -2.00. The molecule has 14 aromatic rings. The first-order valence-corrected chi connectivity index (χ1v) is 22.9. The molecule has 4 heteroatoms. The molecular formula is C61H35N3S. The summed E-state index contributed by atoms with van der Waals surface area (Å²) in [6, 6.07) is 77.2. The van der Waals surface area contributed by atoms with Crippen molar-refractivity contribution in [3.63, 3.8) is 0 Å². The van der Waals surface area contributed by atoms with Gasteiger partial charge < -0.3 is 0 Å². The first-order chi connectivity index (χ1) is 32.2. The zero-order valence-electron chi connectivity index (χ0n) is 35.0. The summed E-state index contributed by atoms with van der Waals surface area (Å²) in [5.41, 5.74) is 7.42. The van der Waals surface area contributed by atoms with Gasteiger partial charge in [0.2, 0.25) is 0 Å². The Morgan fingerprint density at radius 2 is 0.708 bits per heavy atom. The van der Waals surface area contributed by atoms with Crippen LogP contribution in [0.15, 0.2) is 212 Å². The lowest BCUT2D eigenvalue weighted by molar-refractivity contribution is 1.07. The Morgan fingerprint density at radius 3 is 1.40 bits per heavy atom. The van der Waals surface area contributed by atoms with Gasteiger partial charge in [-0.25, -0.2) is 15.0 Å². The fraction of sp³-hybridized carbons (Fsp3) is 0. The average Bonchev–Trinajstić information content (AvgIpc) is 3.75. The van der Waals surface area contributed by atoms with E-state index in [0.717, 1.165) is 27.8 Å². The van der Waals surface area contributed by atoms with Crippen LogP contribution in [0.5, 0.6) is 0 Å². The second-order valence-electron chi connectivity index (χ2n) is 17.1. The van der Waals surface area contributed by atoms with E-state index in [1.54, 1.807) is 0 Å². The Kier molecular flexibility index (Phi) is 7.85. The minimum Gasteiger partial charge on any atom is -0.208 e. The van der Waals surface area contributed by atoms with Gasteiger partial charge in [0.1, 0.15) is 0 Å². The summed E-state index contributed by atoms with van der Waals surface area (Å²) >= 11 is 1.81. The molecule has 0 radical (unpaired) electrons. The van der Waals surface area contributed by atoms with E-state index in [2.05, 4.69) is 194 Å². The summed E-state index contributed by atoms with van der Waals surface area (Å²) in [5.74, 6) is 1.93. The molecular weight excluding hydrogens is 807 g/mol. The summed E-state index contributed by atoms with van der Waals surface area (Å²) in [4.78, 5) is 15.5. The van der Waals surface area contributed by atoms with E-state index in [0.29, 0.717) is 17.5 Å². The van der Waals surface area contributed by atoms with Gasteiger partial charge >= 0.3 is 0 Å². The molecule has 0 atom stereocenters. The number of aromatic nitrogens is 3. The van der Waals surface area contributed by atoms with Crippen LogP contribution in [0.3, 0.4) is 0 Å². The maximum atomic E-state index is 5.22. The van der Waals surface area contributed by atoms with Crippen LogP contribution in [0.4, 0.5) is 0 Å². The molecule has 0 aliphatic heterocycles. The van der Waals surface area contributed by atoms with Crippen LogP contribution in [-0.2, 0) is 0 Å². The zero-order chi connectivity index (χ0) is 42.6. The largest absolute Gasteiger partial charge is 0.208 e. The standard InChI is InChI=1S/C61H35N3S/c1-2-12-39(13-3-1)59-62-60(64-61(63-59)43-30-31-54-51(34-43)47-21-6-7-25-53(47)65-54)42-18-8-17-40(32-42)45-19-4-5-20-46(45)44-33-41-29-28-38-15-10-23-49-48-22-9-14-36-26-27-37-16-11-24-50(57(37)55(36)48)52(35-44)58(41)56(38)49/h1-35H. The van der Waals surface area contributed by atoms with E-state index in [1.165, 1.54) is 95.9 Å². The van der Waals surface area contributed by atoms with Crippen molar-refractivity contribution >= 4 is 96.1 Å². The molecule has 0 saturated heterocycles. The highest BCUT2D eigenvalue weighted by Crippen LogP contribution is 2.46. The molecule has 0 amide bonds. The van der Waals surface area contributed by atoms with Crippen molar-refractivity contribution in [1.29, 1.82) is 0 Å². The van der Waals surface area contributed by atoms with Gasteiger partial charge in [-0.15, -0.1) is 11.3 Å². The summed E-state index contributed by atoms with van der Waals surface area (Å²) < 4.78 is 2.52. The average molecular weight is 842 g/mol. The predicted molar refractivity (Wildman–Crippen MR) is 276 cm³/mol. The first-order valence-electron chi connectivity index (χ1n) is 22.1. The quantitative estimate of drug-likeness (QED) is 0.162. The number of fused-ring (bicyclic) bond motifs is 5. The van der Waals surface area contributed by atoms with Gasteiger partial charge in [0.15, 0.2) is 17.5 Å². The number of benzene rings is 11. The fourth-order valence-corrected chi connectivity index (χ4v) is 11.6. The third kappa shape index (κ3) is 5.64. The van der Waals surface area contributed by atoms with E-state index in [9.17, 15) is 0 Å². The van der Waals surface area contributed by atoms with E-state index < -0.39 is 0 Å². The third-order valence-electron chi connectivity index (χ3n) is 13.4. The van der Waals surface area contributed by atoms with Crippen LogP contribution in [-0.4, -0.2) is 15.0 Å². The molecule has 2 heterocycles.